The van der Waals surface area contributed by atoms with E-state index >= 15 is 0 Å². The van der Waals surface area contributed by atoms with E-state index in [4.69, 9.17) is 4.74 Å². The van der Waals surface area contributed by atoms with Crippen molar-refractivity contribution >= 4 is 17.7 Å². The number of aromatic hydroxyl groups is 1. The van der Waals surface area contributed by atoms with Gasteiger partial charge in [0.1, 0.15) is 0 Å². The largest absolute Gasteiger partial charge is 0.504 e. The molecule has 0 aliphatic carbocycles. The minimum absolute atomic E-state index is 0.0815. The van der Waals surface area contributed by atoms with E-state index in [9.17, 15) is 9.90 Å². The number of urea groups is 1. The molecule has 1 aromatic carbocycles. The molecule has 0 fully saturated rings. The van der Waals surface area contributed by atoms with Crippen LogP contribution < -0.4 is 20.7 Å². The van der Waals surface area contributed by atoms with Crippen LogP contribution in [0.15, 0.2) is 11.1 Å². The highest BCUT2D eigenvalue weighted by Crippen LogP contribution is 2.38. The minimum Gasteiger partial charge on any atom is -0.504 e. The van der Waals surface area contributed by atoms with Crippen LogP contribution in [0.1, 0.15) is 38.8 Å². The average Bonchev–Trinajstić information content (AvgIpc) is 2.55. The summed E-state index contributed by atoms with van der Waals surface area (Å²) in [5.41, 5.74) is 2.28. The number of nitrogens with zero attached hydrogens (tertiary/aromatic N) is 1. The van der Waals surface area contributed by atoms with Crippen molar-refractivity contribution in [2.45, 2.75) is 40.5 Å². The molecular formula is C17H28N4O3. The molecule has 2 amide bonds. The zero-order valence-corrected chi connectivity index (χ0v) is 15.1. The van der Waals surface area contributed by atoms with Crippen LogP contribution in [-0.2, 0) is 12.8 Å². The van der Waals surface area contributed by atoms with E-state index in [1.54, 1.807) is 6.07 Å². The van der Waals surface area contributed by atoms with E-state index in [-0.39, 0.29) is 11.8 Å². The maximum Gasteiger partial charge on any atom is 0.326 e. The number of hydrogen-bond donors (Lipinski definition) is 4. The number of hydrogen-bond acceptors (Lipinski definition) is 4. The van der Waals surface area contributed by atoms with Gasteiger partial charge in [0, 0.05) is 18.7 Å². The quantitative estimate of drug-likeness (QED) is 0.365. The number of amides is 2. The van der Waals surface area contributed by atoms with Crippen LogP contribution in [0.4, 0.5) is 10.5 Å². The Labute approximate surface area is 143 Å². The van der Waals surface area contributed by atoms with Gasteiger partial charge in [0.2, 0.25) is 0 Å². The third-order valence-electron chi connectivity index (χ3n) is 3.51. The number of guanidine groups is 1. The molecule has 24 heavy (non-hydrogen) atoms. The highest BCUT2D eigenvalue weighted by Gasteiger charge is 2.18. The Hall–Kier alpha value is -2.44. The summed E-state index contributed by atoms with van der Waals surface area (Å²) in [5.74, 6) is 0.900. The number of carbonyl (C=O) groups excluding carboxylic acids is 1. The summed E-state index contributed by atoms with van der Waals surface area (Å²) in [6.07, 6.45) is 1.28. The number of nitrogens with one attached hydrogen (secondary N) is 3. The number of aryl methyl sites for hydroxylation is 1. The van der Waals surface area contributed by atoms with E-state index in [1.165, 1.54) is 7.11 Å². The summed E-state index contributed by atoms with van der Waals surface area (Å²) in [7, 11) is 1.50. The Balaban J connectivity index is 3.12. The number of rotatable bonds is 6. The van der Waals surface area contributed by atoms with Gasteiger partial charge in [-0.05, 0) is 38.3 Å². The first-order valence-corrected chi connectivity index (χ1v) is 8.30. The number of phenolic OH excluding ortho intramolecular Hbond substituents is 1. The maximum absolute atomic E-state index is 12.3. The number of carbonyl (C=O) groups is 1. The fraction of sp³-hybridized carbons (Fsp3) is 0.529. The summed E-state index contributed by atoms with van der Waals surface area (Å²) in [6, 6.07) is 1.24. The number of anilines is 1. The van der Waals surface area contributed by atoms with Crippen LogP contribution in [0.2, 0.25) is 0 Å². The zero-order chi connectivity index (χ0) is 18.1. The van der Waals surface area contributed by atoms with Crippen molar-refractivity contribution in [1.29, 1.82) is 0 Å². The number of aliphatic imine (C=N–C) groups is 1. The monoisotopic (exact) mass is 336 g/mol. The van der Waals surface area contributed by atoms with Crippen molar-refractivity contribution in [3.63, 3.8) is 0 Å². The Kier molecular flexibility index (Phi) is 7.88. The van der Waals surface area contributed by atoms with Crippen LogP contribution >= 0.6 is 0 Å². The van der Waals surface area contributed by atoms with Gasteiger partial charge in [0.25, 0.3) is 0 Å². The lowest BCUT2D eigenvalue weighted by Crippen LogP contribution is -2.43. The van der Waals surface area contributed by atoms with Crippen molar-refractivity contribution in [2.75, 3.05) is 25.5 Å². The molecule has 1 rings (SSSR count). The van der Waals surface area contributed by atoms with E-state index in [1.807, 2.05) is 27.7 Å². The fourth-order valence-corrected chi connectivity index (χ4v) is 2.48. The SMILES string of the molecule is CCN=C(NCC)NC(=O)Nc1c(CC)cc(O)c(OC)c1CC. The lowest BCUT2D eigenvalue weighted by Gasteiger charge is -2.19. The Morgan fingerprint density at radius 1 is 1.25 bits per heavy atom. The maximum atomic E-state index is 12.3. The van der Waals surface area contributed by atoms with Gasteiger partial charge in [-0.2, -0.15) is 0 Å². The minimum atomic E-state index is -0.389. The number of ether oxygens (including phenoxy) is 1. The highest BCUT2D eigenvalue weighted by atomic mass is 16.5. The Morgan fingerprint density at radius 2 is 1.96 bits per heavy atom. The zero-order valence-electron chi connectivity index (χ0n) is 15.1. The number of phenols is 1. The normalized spacial score (nSPS) is 11.1. The topological polar surface area (TPSA) is 95.0 Å². The molecular weight excluding hydrogens is 308 g/mol. The Bertz CT molecular complexity index is 600. The predicted octanol–water partition coefficient (Wildman–Crippen LogP) is 2.63. The van der Waals surface area contributed by atoms with Crippen LogP contribution in [0.25, 0.3) is 0 Å². The van der Waals surface area contributed by atoms with Crippen molar-refractivity contribution < 1.29 is 14.6 Å². The molecule has 4 N–H and O–H groups in total. The van der Waals surface area contributed by atoms with Gasteiger partial charge in [0.05, 0.1) is 12.8 Å². The molecule has 134 valence electrons. The van der Waals surface area contributed by atoms with E-state index in [0.29, 0.717) is 43.3 Å². The molecule has 0 heterocycles. The molecule has 0 aliphatic rings. The molecule has 0 radical (unpaired) electrons. The lowest BCUT2D eigenvalue weighted by molar-refractivity contribution is 0.255. The summed E-state index contributed by atoms with van der Waals surface area (Å²) < 4.78 is 5.29. The van der Waals surface area contributed by atoms with Gasteiger partial charge in [-0.25, -0.2) is 4.79 Å². The second-order valence-electron chi connectivity index (χ2n) is 5.08. The third-order valence-corrected chi connectivity index (χ3v) is 3.51. The summed E-state index contributed by atoms with van der Waals surface area (Å²) in [6.45, 7) is 8.96. The van der Waals surface area contributed by atoms with Gasteiger partial charge in [-0.3, -0.25) is 10.3 Å². The molecule has 0 bridgehead atoms. The van der Waals surface area contributed by atoms with Crippen LogP contribution in [-0.4, -0.2) is 37.3 Å². The average molecular weight is 336 g/mol. The van der Waals surface area contributed by atoms with Gasteiger partial charge < -0.3 is 20.5 Å². The van der Waals surface area contributed by atoms with Gasteiger partial charge in [0.15, 0.2) is 17.5 Å². The lowest BCUT2D eigenvalue weighted by atomic mass is 10.0. The molecule has 7 nitrogen and oxygen atoms in total. The highest BCUT2D eigenvalue weighted by molar-refractivity contribution is 6.03. The first kappa shape index (κ1) is 19.6. The molecule has 0 aromatic heterocycles. The first-order valence-electron chi connectivity index (χ1n) is 8.30. The third kappa shape index (κ3) is 4.78. The number of methoxy groups -OCH3 is 1. The second kappa shape index (κ2) is 9.64. The van der Waals surface area contributed by atoms with Crippen LogP contribution in [0, 0.1) is 0 Å². The van der Waals surface area contributed by atoms with E-state index < -0.39 is 0 Å². The van der Waals surface area contributed by atoms with Crippen LogP contribution in [0.5, 0.6) is 11.5 Å². The van der Waals surface area contributed by atoms with Crippen molar-refractivity contribution in [3.8, 4) is 11.5 Å². The summed E-state index contributed by atoms with van der Waals surface area (Å²) >= 11 is 0. The van der Waals surface area contributed by atoms with Gasteiger partial charge in [-0.15, -0.1) is 0 Å². The van der Waals surface area contributed by atoms with Gasteiger partial charge >= 0.3 is 6.03 Å². The second-order valence-corrected chi connectivity index (χ2v) is 5.08. The standard InChI is InChI=1S/C17H28N4O3/c1-6-11-10-13(22)15(24-5)12(7-2)14(11)20-17(23)21-16(18-8-3)19-9-4/h10,22H,6-9H2,1-5H3,(H3,18,19,20,21,23). The Morgan fingerprint density at radius 3 is 2.46 bits per heavy atom. The molecule has 0 saturated carbocycles. The predicted molar refractivity (Wildman–Crippen MR) is 97.2 cm³/mol. The van der Waals surface area contributed by atoms with E-state index in [2.05, 4.69) is 20.9 Å². The smallest absolute Gasteiger partial charge is 0.326 e. The molecule has 0 aliphatic heterocycles. The van der Waals surface area contributed by atoms with E-state index in [0.717, 1.165) is 11.1 Å². The molecule has 0 unspecified atom stereocenters. The van der Waals surface area contributed by atoms with Gasteiger partial charge in [-0.1, -0.05) is 13.8 Å². The first-order chi connectivity index (χ1) is 11.5. The van der Waals surface area contributed by atoms with Crippen molar-refractivity contribution in [3.05, 3.63) is 17.2 Å². The molecule has 0 saturated heterocycles. The molecule has 7 heteroatoms. The van der Waals surface area contributed by atoms with Crippen LogP contribution in [0.3, 0.4) is 0 Å². The number of benzene rings is 1. The van der Waals surface area contributed by atoms with Crippen molar-refractivity contribution in [1.82, 2.24) is 10.6 Å². The molecule has 1 aromatic rings. The summed E-state index contributed by atoms with van der Waals surface area (Å²) in [5, 5.41) is 18.7. The molecule has 0 spiro atoms. The summed E-state index contributed by atoms with van der Waals surface area (Å²) in [4.78, 5) is 16.5. The van der Waals surface area contributed by atoms with Crippen molar-refractivity contribution in [2.24, 2.45) is 4.99 Å². The molecule has 0 atom stereocenters. The fourth-order valence-electron chi connectivity index (χ4n) is 2.48.